The minimum absolute atomic E-state index is 0.0159. The fourth-order valence-corrected chi connectivity index (χ4v) is 12.7. The molecule has 13 nitrogen and oxygen atoms in total. The van der Waals surface area contributed by atoms with Gasteiger partial charge in [-0.25, -0.2) is 18.1 Å². The third-order valence-electron chi connectivity index (χ3n) is 14.1. The summed E-state index contributed by atoms with van der Waals surface area (Å²) in [6, 6.07) is 20.9. The molecule has 1 saturated carbocycles. The number of pyridine rings is 1. The Labute approximate surface area is 392 Å². The molecular weight excluding hydrogens is 893 g/mol. The maximum Gasteiger partial charge on any atom is 0.273 e. The quantitative estimate of drug-likeness (QED) is 0.0625. The van der Waals surface area contributed by atoms with Crippen molar-refractivity contribution >= 4 is 68.7 Å². The number of piperazine rings is 1. The number of benzene rings is 3. The molecule has 66 heavy (non-hydrogen) atoms. The summed E-state index contributed by atoms with van der Waals surface area (Å²) in [4.78, 5) is 40.3. The number of ether oxygens (including phenoxy) is 1. The van der Waals surface area contributed by atoms with E-state index in [1.165, 1.54) is 28.8 Å². The van der Waals surface area contributed by atoms with Gasteiger partial charge in [0.1, 0.15) is 17.1 Å². The van der Waals surface area contributed by atoms with E-state index in [0.29, 0.717) is 23.4 Å². The lowest BCUT2D eigenvalue weighted by Gasteiger charge is -2.39. The summed E-state index contributed by atoms with van der Waals surface area (Å²) in [6.07, 6.45) is 15.6. The molecule has 2 aromatic heterocycles. The molecule has 0 radical (unpaired) electrons. The van der Waals surface area contributed by atoms with Gasteiger partial charge in [0.25, 0.3) is 21.6 Å². The third-order valence-corrected chi connectivity index (χ3v) is 18.3. The average molecular weight is 953 g/mol. The predicted molar refractivity (Wildman–Crippen MR) is 267 cm³/mol. The number of nitro groups is 1. The molecule has 2 saturated heterocycles. The molecule has 0 unspecified atom stereocenters. The van der Waals surface area contributed by atoms with Gasteiger partial charge in [-0.1, -0.05) is 49.2 Å². The minimum atomic E-state index is -4.55. The van der Waals surface area contributed by atoms with E-state index in [0.717, 1.165) is 119 Å². The summed E-state index contributed by atoms with van der Waals surface area (Å²) in [5.41, 5.74) is 5.98. The van der Waals surface area contributed by atoms with Crippen molar-refractivity contribution in [3.05, 3.63) is 123 Å². The van der Waals surface area contributed by atoms with E-state index in [1.807, 2.05) is 18.2 Å². The van der Waals surface area contributed by atoms with E-state index in [9.17, 15) is 23.3 Å². The number of nitrogens with one attached hydrogen (secondary N) is 2. The van der Waals surface area contributed by atoms with Crippen LogP contribution >= 0.6 is 18.5 Å². The van der Waals surface area contributed by atoms with Crippen LogP contribution in [-0.2, 0) is 16.4 Å². The van der Waals surface area contributed by atoms with Crippen LogP contribution in [0.2, 0.25) is 5.02 Å². The van der Waals surface area contributed by atoms with Crippen LogP contribution in [0, 0.1) is 20.9 Å². The second-order valence-electron chi connectivity index (χ2n) is 20.1. The van der Waals surface area contributed by atoms with Gasteiger partial charge in [-0.3, -0.25) is 19.8 Å². The Morgan fingerprint density at radius 2 is 1.71 bits per heavy atom. The van der Waals surface area contributed by atoms with Gasteiger partial charge >= 0.3 is 0 Å². The number of carbonyl (C=O) groups excluding carboxylic acids is 1. The van der Waals surface area contributed by atoms with Crippen LogP contribution in [0.3, 0.4) is 0 Å². The Balaban J connectivity index is 0.919. The molecule has 16 heteroatoms. The largest absolute Gasteiger partial charge is 0.455 e. The maximum absolute atomic E-state index is 14.1. The first-order valence-electron chi connectivity index (χ1n) is 22.9. The van der Waals surface area contributed by atoms with E-state index in [4.69, 9.17) is 16.3 Å². The molecule has 0 bridgehead atoms. The number of allylic oxidation sites excluding steroid dienone is 1. The molecule has 3 fully saturated rings. The number of carbonyl (C=O) groups is 1. The van der Waals surface area contributed by atoms with Crippen molar-refractivity contribution in [3.63, 3.8) is 0 Å². The first kappa shape index (κ1) is 46.1. The van der Waals surface area contributed by atoms with E-state index in [1.54, 1.807) is 36.7 Å². The Hall–Kier alpha value is -4.98. The van der Waals surface area contributed by atoms with E-state index in [-0.39, 0.29) is 32.7 Å². The number of sulfonamides is 1. The molecule has 4 aliphatic rings. The standard InChI is InChI=1S/C50H59ClN7O6PS/c1-49(2)15-13-38(44(31-49)35-5-8-39(51)9-6-35)33-55-19-21-57(22-20-55)40-10-12-43(46(28-40)64-41-27-36-14-18-52-47(36)53-32-41)48(59)54-66(62,63)42-11-7-37(45(29-42)58(60)61)30-50(16-17-50)34-56-23-25-65(3,4)26-24-56/h5-12,14,18,27-29,32H,3,13,15-17,19-26,30-31,33-34H2,1-2,4H3,(H,52,53)(H,54,59). The predicted octanol–water partition coefficient (Wildman–Crippen LogP) is 9.54. The van der Waals surface area contributed by atoms with Gasteiger partial charge in [0.15, 0.2) is 0 Å². The van der Waals surface area contributed by atoms with Crippen LogP contribution in [-0.4, -0.2) is 117 Å². The lowest BCUT2D eigenvalue weighted by atomic mass is 9.72. The highest BCUT2D eigenvalue weighted by Crippen LogP contribution is 2.52. The Bertz CT molecular complexity index is 2860. The van der Waals surface area contributed by atoms with Crippen molar-refractivity contribution in [2.45, 2.75) is 57.3 Å². The summed E-state index contributed by atoms with van der Waals surface area (Å²) in [5, 5.41) is 14.0. The number of H-pyrrole nitrogens is 1. The second kappa shape index (κ2) is 18.3. The van der Waals surface area contributed by atoms with E-state index < -0.39 is 27.7 Å². The van der Waals surface area contributed by atoms with Gasteiger partial charge in [-0.2, -0.15) is 0 Å². The van der Waals surface area contributed by atoms with Gasteiger partial charge in [0.05, 0.1) is 21.6 Å². The van der Waals surface area contributed by atoms with Gasteiger partial charge in [-0.05, 0) is 122 Å². The number of rotatable bonds is 14. The molecule has 2 aliphatic carbocycles. The molecule has 0 atom stereocenters. The fraction of sp³-hybridized carbons (Fsp3) is 0.420. The fourth-order valence-electron chi connectivity index (χ4n) is 9.84. The number of nitrogens with zero attached hydrogens (tertiary/aromatic N) is 5. The van der Waals surface area contributed by atoms with Crippen molar-refractivity contribution < 1.29 is 22.9 Å². The lowest BCUT2D eigenvalue weighted by molar-refractivity contribution is -0.385. The number of anilines is 1. The smallest absolute Gasteiger partial charge is 0.273 e. The number of hydrogen-bond acceptors (Lipinski definition) is 10. The first-order chi connectivity index (χ1) is 31.4. The van der Waals surface area contributed by atoms with Crippen molar-refractivity contribution in [1.29, 1.82) is 0 Å². The van der Waals surface area contributed by atoms with Crippen molar-refractivity contribution in [2.75, 3.05) is 76.2 Å². The summed E-state index contributed by atoms with van der Waals surface area (Å²) >= 11 is 6.26. The summed E-state index contributed by atoms with van der Waals surface area (Å²) in [5.74, 6) is -0.416. The summed E-state index contributed by atoms with van der Waals surface area (Å²) in [7, 11) is -4.55. The normalized spacial score (nSPS) is 19.7. The number of amides is 1. The lowest BCUT2D eigenvalue weighted by Crippen LogP contribution is -2.47. The van der Waals surface area contributed by atoms with E-state index in [2.05, 4.69) is 68.3 Å². The third kappa shape index (κ3) is 10.6. The highest BCUT2D eigenvalue weighted by molar-refractivity contribution is 7.90. The molecule has 5 aromatic rings. The number of hydrogen-bond donors (Lipinski definition) is 2. The molecule has 1 amide bonds. The van der Waals surface area contributed by atoms with Gasteiger partial charge in [0.2, 0.25) is 0 Å². The highest BCUT2D eigenvalue weighted by Gasteiger charge is 2.45. The maximum atomic E-state index is 14.1. The number of aromatic nitrogens is 2. The van der Waals surface area contributed by atoms with Gasteiger partial charge in [0, 0.05) is 92.3 Å². The van der Waals surface area contributed by atoms with Gasteiger partial charge in [-0.15, -0.1) is 13.2 Å². The van der Waals surface area contributed by atoms with Crippen molar-refractivity contribution in [3.8, 4) is 11.5 Å². The first-order valence-corrected chi connectivity index (χ1v) is 27.5. The molecule has 9 rings (SSSR count). The van der Waals surface area contributed by atoms with Crippen molar-refractivity contribution in [1.82, 2.24) is 24.5 Å². The average Bonchev–Trinajstić information content (AvgIpc) is 3.86. The molecular formula is C50H59ClN7O6PS. The topological polar surface area (TPSA) is 154 Å². The zero-order valence-corrected chi connectivity index (χ0v) is 40.5. The van der Waals surface area contributed by atoms with Gasteiger partial charge < -0.3 is 19.5 Å². The molecule has 3 aromatic carbocycles. The molecule has 2 N–H and O–H groups in total. The summed E-state index contributed by atoms with van der Waals surface area (Å²) in [6.45, 7) is 12.7. The van der Waals surface area contributed by atoms with Crippen LogP contribution in [0.1, 0.15) is 67.4 Å². The Morgan fingerprint density at radius 1 is 0.970 bits per heavy atom. The SMILES string of the molecule is C=P1(C)CCN(CC2(Cc3ccc(S(=O)(=O)NC(=O)c4ccc(N5CCN(CC6=C(c7ccc(Cl)cc7)CC(C)(C)CC6)CC5)cc4Oc4cnc5[nH]ccc5c4)cc3[N+](=O)[O-])CC2)CC1. The second-order valence-corrected chi connectivity index (χ2v) is 26.3. The molecule has 348 valence electrons. The number of halogens is 1. The summed E-state index contributed by atoms with van der Waals surface area (Å²) < 4.78 is 36.3. The Kier molecular flexibility index (Phi) is 12.8. The molecule has 0 spiro atoms. The zero-order valence-electron chi connectivity index (χ0n) is 38.0. The van der Waals surface area contributed by atoms with E-state index >= 15 is 0 Å². The minimum Gasteiger partial charge on any atom is -0.455 e. The number of aromatic amines is 1. The molecule has 2 aliphatic heterocycles. The van der Waals surface area contributed by atoms with Crippen LogP contribution in [0.25, 0.3) is 16.6 Å². The molecule has 4 heterocycles. The van der Waals surface area contributed by atoms with Crippen LogP contribution in [0.15, 0.2) is 95.7 Å². The Morgan fingerprint density at radius 3 is 2.42 bits per heavy atom. The number of nitro benzene ring substituents is 1. The highest BCUT2D eigenvalue weighted by atomic mass is 35.5. The van der Waals surface area contributed by atoms with Crippen LogP contribution < -0.4 is 14.4 Å². The van der Waals surface area contributed by atoms with Crippen LogP contribution in [0.4, 0.5) is 11.4 Å². The zero-order chi connectivity index (χ0) is 46.4. The van der Waals surface area contributed by atoms with Crippen LogP contribution in [0.5, 0.6) is 11.5 Å². The van der Waals surface area contributed by atoms with Crippen molar-refractivity contribution in [2.24, 2.45) is 10.8 Å². The number of fused-ring (bicyclic) bond motifs is 1. The monoisotopic (exact) mass is 951 g/mol.